The van der Waals surface area contributed by atoms with Gasteiger partial charge in [0, 0.05) is 17.1 Å². The van der Waals surface area contributed by atoms with Crippen LogP contribution in [0.4, 0.5) is 0 Å². The highest BCUT2D eigenvalue weighted by Gasteiger charge is 2.12. The van der Waals surface area contributed by atoms with Crippen molar-refractivity contribution in [2.24, 2.45) is 0 Å². The van der Waals surface area contributed by atoms with Gasteiger partial charge in [-0.3, -0.25) is 0 Å². The zero-order chi connectivity index (χ0) is 10.8. The molecule has 0 bridgehead atoms. The molecule has 0 saturated heterocycles. The minimum atomic E-state index is -0.970. The van der Waals surface area contributed by atoms with Crippen molar-refractivity contribution in [1.29, 1.82) is 5.26 Å². The second kappa shape index (κ2) is 3.46. The van der Waals surface area contributed by atoms with Gasteiger partial charge in [0.25, 0.3) is 0 Å². The van der Waals surface area contributed by atoms with Crippen LogP contribution in [-0.2, 0) is 6.54 Å². The van der Waals surface area contributed by atoms with E-state index >= 15 is 0 Å². The highest BCUT2D eigenvalue weighted by atomic mass is 16.4. The van der Waals surface area contributed by atoms with Gasteiger partial charge in [0.2, 0.25) is 0 Å². The van der Waals surface area contributed by atoms with Crippen LogP contribution in [0.3, 0.4) is 0 Å². The number of fused-ring (bicyclic) bond motifs is 1. The molecule has 1 aromatic heterocycles. The molecule has 74 valence electrons. The lowest BCUT2D eigenvalue weighted by atomic mass is 10.2. The zero-order valence-corrected chi connectivity index (χ0v) is 7.84. The lowest BCUT2D eigenvalue weighted by Gasteiger charge is -1.96. The summed E-state index contributed by atoms with van der Waals surface area (Å²) in [6.07, 6.45) is 1.50. The maximum absolute atomic E-state index is 10.9. The first-order valence-electron chi connectivity index (χ1n) is 4.42. The maximum atomic E-state index is 10.9. The van der Waals surface area contributed by atoms with Crippen LogP contribution in [-0.4, -0.2) is 15.6 Å². The summed E-state index contributed by atoms with van der Waals surface area (Å²) in [5.74, 6) is -0.970. The van der Waals surface area contributed by atoms with E-state index in [0.29, 0.717) is 5.39 Å². The van der Waals surface area contributed by atoms with Crippen molar-refractivity contribution in [2.45, 2.75) is 6.54 Å². The predicted octanol–water partition coefficient (Wildman–Crippen LogP) is 1.86. The molecule has 0 saturated carbocycles. The highest BCUT2D eigenvalue weighted by Crippen LogP contribution is 2.20. The van der Waals surface area contributed by atoms with Gasteiger partial charge >= 0.3 is 5.97 Å². The molecule has 0 aliphatic heterocycles. The van der Waals surface area contributed by atoms with Crippen molar-refractivity contribution >= 4 is 16.9 Å². The molecule has 1 heterocycles. The summed E-state index contributed by atoms with van der Waals surface area (Å²) in [5, 5.41) is 18.2. The molecule has 0 radical (unpaired) electrons. The van der Waals surface area contributed by atoms with Gasteiger partial charge in [-0.2, -0.15) is 5.26 Å². The van der Waals surface area contributed by atoms with Crippen molar-refractivity contribution < 1.29 is 9.90 Å². The van der Waals surface area contributed by atoms with Gasteiger partial charge in [0.05, 0.1) is 11.6 Å². The lowest BCUT2D eigenvalue weighted by Crippen LogP contribution is -1.95. The van der Waals surface area contributed by atoms with Gasteiger partial charge in [-0.15, -0.1) is 0 Å². The molecule has 1 aromatic carbocycles. The smallest absolute Gasteiger partial charge is 0.337 e. The standard InChI is InChI=1S/C11H8N2O2/c12-5-6-13-7-9(11(14)15)8-3-1-2-4-10(8)13/h1-4,7H,6H2,(H,14,15). The third-order valence-corrected chi connectivity index (χ3v) is 2.26. The van der Waals surface area contributed by atoms with Crippen molar-refractivity contribution in [3.05, 3.63) is 36.0 Å². The van der Waals surface area contributed by atoms with E-state index in [9.17, 15) is 4.79 Å². The second-order valence-corrected chi connectivity index (χ2v) is 3.15. The zero-order valence-electron chi connectivity index (χ0n) is 7.84. The van der Waals surface area contributed by atoms with Crippen LogP contribution in [0.25, 0.3) is 10.9 Å². The Balaban J connectivity index is 2.74. The minimum Gasteiger partial charge on any atom is -0.478 e. The van der Waals surface area contributed by atoms with Crippen LogP contribution >= 0.6 is 0 Å². The van der Waals surface area contributed by atoms with Gasteiger partial charge in [-0.05, 0) is 6.07 Å². The van der Waals surface area contributed by atoms with Crippen LogP contribution in [0, 0.1) is 11.3 Å². The van der Waals surface area contributed by atoms with E-state index in [1.165, 1.54) is 6.20 Å². The number of aromatic nitrogens is 1. The molecule has 15 heavy (non-hydrogen) atoms. The third kappa shape index (κ3) is 1.44. The van der Waals surface area contributed by atoms with Crippen LogP contribution in [0.2, 0.25) is 0 Å². The Morgan fingerprint density at radius 2 is 2.20 bits per heavy atom. The summed E-state index contributed by atoms with van der Waals surface area (Å²) in [7, 11) is 0. The van der Waals surface area contributed by atoms with E-state index in [0.717, 1.165) is 5.52 Å². The minimum absolute atomic E-state index is 0.161. The van der Waals surface area contributed by atoms with E-state index in [4.69, 9.17) is 10.4 Å². The number of nitrogens with zero attached hydrogens (tertiary/aromatic N) is 2. The Bertz CT molecular complexity index is 563. The molecule has 0 unspecified atom stereocenters. The van der Waals surface area contributed by atoms with Gasteiger partial charge in [0.1, 0.15) is 6.54 Å². The molecule has 0 atom stereocenters. The number of carbonyl (C=O) groups is 1. The molecular weight excluding hydrogens is 192 g/mol. The Morgan fingerprint density at radius 1 is 1.47 bits per heavy atom. The summed E-state index contributed by atoms with van der Waals surface area (Å²) in [4.78, 5) is 10.9. The van der Waals surface area contributed by atoms with Gasteiger partial charge < -0.3 is 9.67 Å². The van der Waals surface area contributed by atoms with Gasteiger partial charge in [-0.1, -0.05) is 18.2 Å². The van der Waals surface area contributed by atoms with Crippen LogP contribution < -0.4 is 0 Å². The van der Waals surface area contributed by atoms with E-state index in [1.807, 2.05) is 12.1 Å². The molecular formula is C11H8N2O2. The second-order valence-electron chi connectivity index (χ2n) is 3.15. The maximum Gasteiger partial charge on any atom is 0.337 e. The lowest BCUT2D eigenvalue weighted by molar-refractivity contribution is 0.0699. The number of para-hydroxylation sites is 1. The van der Waals surface area contributed by atoms with Crippen molar-refractivity contribution in [1.82, 2.24) is 4.57 Å². The van der Waals surface area contributed by atoms with Crippen molar-refractivity contribution in [3.63, 3.8) is 0 Å². The monoisotopic (exact) mass is 200 g/mol. The summed E-state index contributed by atoms with van der Waals surface area (Å²) < 4.78 is 1.64. The molecule has 0 fully saturated rings. The van der Waals surface area contributed by atoms with E-state index in [2.05, 4.69) is 0 Å². The molecule has 0 aliphatic carbocycles. The highest BCUT2D eigenvalue weighted by molar-refractivity contribution is 6.03. The number of aromatic carboxylic acids is 1. The van der Waals surface area contributed by atoms with E-state index in [-0.39, 0.29) is 12.1 Å². The molecule has 4 nitrogen and oxygen atoms in total. The average Bonchev–Trinajstić information content (AvgIpc) is 2.59. The number of carboxylic acids is 1. The van der Waals surface area contributed by atoms with E-state index < -0.39 is 5.97 Å². The van der Waals surface area contributed by atoms with Gasteiger partial charge in [-0.25, -0.2) is 4.79 Å². The average molecular weight is 200 g/mol. The number of rotatable bonds is 2. The van der Waals surface area contributed by atoms with E-state index in [1.54, 1.807) is 22.8 Å². The quantitative estimate of drug-likeness (QED) is 0.804. The molecule has 0 spiro atoms. The third-order valence-electron chi connectivity index (χ3n) is 2.26. The summed E-state index contributed by atoms with van der Waals surface area (Å²) in [5.41, 5.74) is 1.01. The summed E-state index contributed by atoms with van der Waals surface area (Å²) in [6.45, 7) is 0.161. The van der Waals surface area contributed by atoms with Gasteiger partial charge in [0.15, 0.2) is 0 Å². The van der Waals surface area contributed by atoms with Crippen molar-refractivity contribution in [3.8, 4) is 6.07 Å². The number of nitriles is 1. The fraction of sp³-hybridized carbons (Fsp3) is 0.0909. The fourth-order valence-corrected chi connectivity index (χ4v) is 1.62. The molecule has 1 N–H and O–H groups in total. The Morgan fingerprint density at radius 3 is 2.87 bits per heavy atom. The number of carboxylic acid groups (broad SMARTS) is 1. The summed E-state index contributed by atoms with van der Waals surface area (Å²) >= 11 is 0. The molecule has 4 heteroatoms. The normalized spacial score (nSPS) is 10.1. The molecule has 0 aliphatic rings. The molecule has 0 amide bonds. The molecule has 2 rings (SSSR count). The topological polar surface area (TPSA) is 66.0 Å². The predicted molar refractivity (Wildman–Crippen MR) is 54.5 cm³/mol. The Kier molecular flexibility index (Phi) is 2.14. The van der Waals surface area contributed by atoms with Crippen LogP contribution in [0.1, 0.15) is 10.4 Å². The fourth-order valence-electron chi connectivity index (χ4n) is 1.62. The SMILES string of the molecule is N#CCn1cc(C(=O)O)c2ccccc21. The van der Waals surface area contributed by atoms with Crippen LogP contribution in [0.15, 0.2) is 30.5 Å². The van der Waals surface area contributed by atoms with Crippen molar-refractivity contribution in [2.75, 3.05) is 0 Å². The van der Waals surface area contributed by atoms with Crippen LogP contribution in [0.5, 0.6) is 0 Å². The first-order chi connectivity index (χ1) is 7.24. The first kappa shape index (κ1) is 9.28. The Labute approximate surface area is 86.0 Å². The number of hydrogen-bond acceptors (Lipinski definition) is 2. The molecule has 2 aromatic rings. The largest absolute Gasteiger partial charge is 0.478 e. The number of benzene rings is 1. The Hall–Kier alpha value is -2.28. The summed E-state index contributed by atoms with van der Waals surface area (Å²) in [6, 6.07) is 9.15. The number of hydrogen-bond donors (Lipinski definition) is 1. The first-order valence-corrected chi connectivity index (χ1v) is 4.42.